The standard InChI is InChI=1S/C18H19Cl2NO2/c1-3-17(23-15-8-9-16(20)12(2)10-15)18(22)21-11-13-4-6-14(19)7-5-13/h4-10,17H,3,11H2,1-2H3,(H,21,22)/t17-/m0/s1. The van der Waals surface area contributed by atoms with Gasteiger partial charge in [-0.05, 0) is 54.8 Å². The van der Waals surface area contributed by atoms with E-state index in [2.05, 4.69) is 5.32 Å². The summed E-state index contributed by atoms with van der Waals surface area (Å²) in [6.07, 6.45) is 0.0385. The molecule has 0 aliphatic rings. The molecule has 0 aliphatic carbocycles. The van der Waals surface area contributed by atoms with Crippen LogP contribution in [0.25, 0.3) is 0 Å². The van der Waals surface area contributed by atoms with Crippen LogP contribution in [-0.4, -0.2) is 12.0 Å². The van der Waals surface area contributed by atoms with Gasteiger partial charge in [0, 0.05) is 16.6 Å². The van der Waals surface area contributed by atoms with Crippen LogP contribution < -0.4 is 10.1 Å². The van der Waals surface area contributed by atoms with Gasteiger partial charge in [0.25, 0.3) is 5.91 Å². The van der Waals surface area contributed by atoms with Crippen molar-refractivity contribution in [3.05, 3.63) is 63.6 Å². The molecular weight excluding hydrogens is 333 g/mol. The molecule has 0 unspecified atom stereocenters. The lowest BCUT2D eigenvalue weighted by molar-refractivity contribution is -0.128. The van der Waals surface area contributed by atoms with Crippen LogP contribution in [0.1, 0.15) is 24.5 Å². The maximum atomic E-state index is 12.3. The van der Waals surface area contributed by atoms with E-state index >= 15 is 0 Å². The van der Waals surface area contributed by atoms with E-state index in [1.807, 2.05) is 32.0 Å². The number of amides is 1. The van der Waals surface area contributed by atoms with Gasteiger partial charge in [0.1, 0.15) is 5.75 Å². The molecule has 0 spiro atoms. The first kappa shape index (κ1) is 17.6. The van der Waals surface area contributed by atoms with E-state index in [1.165, 1.54) is 0 Å². The SMILES string of the molecule is CC[C@H](Oc1ccc(Cl)c(C)c1)C(=O)NCc1ccc(Cl)cc1. The third kappa shape index (κ3) is 5.15. The number of carbonyl (C=O) groups excluding carboxylic acids is 1. The first-order chi connectivity index (χ1) is 11.0. The monoisotopic (exact) mass is 351 g/mol. The first-order valence-corrected chi connectivity index (χ1v) is 8.20. The topological polar surface area (TPSA) is 38.3 Å². The molecular formula is C18H19Cl2NO2. The third-order valence-electron chi connectivity index (χ3n) is 3.45. The molecule has 0 aliphatic heterocycles. The molecule has 2 aromatic rings. The lowest BCUT2D eigenvalue weighted by atomic mass is 10.2. The minimum Gasteiger partial charge on any atom is -0.481 e. The van der Waals surface area contributed by atoms with Gasteiger partial charge in [0.15, 0.2) is 6.10 Å². The van der Waals surface area contributed by atoms with Gasteiger partial charge in [0.2, 0.25) is 0 Å². The van der Waals surface area contributed by atoms with Crippen LogP contribution in [0.15, 0.2) is 42.5 Å². The normalized spacial score (nSPS) is 11.8. The second-order valence-corrected chi connectivity index (χ2v) is 6.11. The summed E-state index contributed by atoms with van der Waals surface area (Å²) in [5, 5.41) is 4.23. The fourth-order valence-electron chi connectivity index (χ4n) is 2.08. The number of ether oxygens (including phenoxy) is 1. The first-order valence-electron chi connectivity index (χ1n) is 7.44. The van der Waals surface area contributed by atoms with Crippen molar-refractivity contribution in [3.63, 3.8) is 0 Å². The molecule has 5 heteroatoms. The molecule has 1 N–H and O–H groups in total. The van der Waals surface area contributed by atoms with Crippen molar-refractivity contribution in [2.24, 2.45) is 0 Å². The van der Waals surface area contributed by atoms with E-state index in [1.54, 1.807) is 24.3 Å². The van der Waals surface area contributed by atoms with Gasteiger partial charge in [-0.15, -0.1) is 0 Å². The fourth-order valence-corrected chi connectivity index (χ4v) is 2.33. The quantitative estimate of drug-likeness (QED) is 0.813. The maximum absolute atomic E-state index is 12.3. The number of nitrogens with one attached hydrogen (secondary N) is 1. The van der Waals surface area contributed by atoms with E-state index in [0.717, 1.165) is 11.1 Å². The van der Waals surface area contributed by atoms with Crippen molar-refractivity contribution in [1.82, 2.24) is 5.32 Å². The highest BCUT2D eigenvalue weighted by Gasteiger charge is 2.18. The van der Waals surface area contributed by atoms with Gasteiger partial charge >= 0.3 is 0 Å². The van der Waals surface area contributed by atoms with Crippen molar-refractivity contribution in [2.45, 2.75) is 32.9 Å². The van der Waals surface area contributed by atoms with Crippen molar-refractivity contribution in [2.75, 3.05) is 0 Å². The van der Waals surface area contributed by atoms with Crippen molar-refractivity contribution in [3.8, 4) is 5.75 Å². The smallest absolute Gasteiger partial charge is 0.261 e. The van der Waals surface area contributed by atoms with E-state index in [9.17, 15) is 4.79 Å². The van der Waals surface area contributed by atoms with Gasteiger partial charge < -0.3 is 10.1 Å². The number of carbonyl (C=O) groups is 1. The summed E-state index contributed by atoms with van der Waals surface area (Å²) in [6, 6.07) is 12.7. The highest BCUT2D eigenvalue weighted by atomic mass is 35.5. The van der Waals surface area contributed by atoms with Crippen LogP contribution in [0.5, 0.6) is 5.75 Å². The van der Waals surface area contributed by atoms with Crippen LogP contribution in [0.2, 0.25) is 10.0 Å². The van der Waals surface area contributed by atoms with Crippen LogP contribution in [0, 0.1) is 6.92 Å². The molecule has 0 bridgehead atoms. The molecule has 0 saturated carbocycles. The molecule has 0 aromatic heterocycles. The van der Waals surface area contributed by atoms with Crippen molar-refractivity contribution < 1.29 is 9.53 Å². The molecule has 2 aromatic carbocycles. The molecule has 122 valence electrons. The molecule has 0 heterocycles. The lowest BCUT2D eigenvalue weighted by Gasteiger charge is -2.18. The summed E-state index contributed by atoms with van der Waals surface area (Å²) in [5.41, 5.74) is 1.90. The fraction of sp³-hybridized carbons (Fsp3) is 0.278. The number of hydrogen-bond acceptors (Lipinski definition) is 2. The summed E-state index contributed by atoms with van der Waals surface area (Å²) in [7, 11) is 0. The van der Waals surface area contributed by atoms with Gasteiger partial charge in [-0.25, -0.2) is 0 Å². The van der Waals surface area contributed by atoms with E-state index in [0.29, 0.717) is 28.8 Å². The Hall–Kier alpha value is -1.71. The van der Waals surface area contributed by atoms with Crippen LogP contribution in [-0.2, 0) is 11.3 Å². The average Bonchev–Trinajstić information content (AvgIpc) is 2.55. The predicted molar refractivity (Wildman–Crippen MR) is 94.2 cm³/mol. The third-order valence-corrected chi connectivity index (χ3v) is 4.13. The zero-order valence-corrected chi connectivity index (χ0v) is 14.6. The minimum atomic E-state index is -0.539. The Labute approximate surface area is 146 Å². The predicted octanol–water partition coefficient (Wildman–Crippen LogP) is 4.78. The van der Waals surface area contributed by atoms with Crippen molar-refractivity contribution >= 4 is 29.1 Å². The largest absolute Gasteiger partial charge is 0.481 e. The Balaban J connectivity index is 1.95. The van der Waals surface area contributed by atoms with Crippen molar-refractivity contribution in [1.29, 1.82) is 0 Å². The molecule has 0 radical (unpaired) electrons. The Kier molecular flexibility index (Phi) is 6.31. The molecule has 3 nitrogen and oxygen atoms in total. The molecule has 0 fully saturated rings. The number of hydrogen-bond donors (Lipinski definition) is 1. The summed E-state index contributed by atoms with van der Waals surface area (Å²) < 4.78 is 5.78. The minimum absolute atomic E-state index is 0.143. The molecule has 2 rings (SSSR count). The molecule has 1 amide bonds. The van der Waals surface area contributed by atoms with E-state index < -0.39 is 6.10 Å². The molecule has 0 saturated heterocycles. The van der Waals surface area contributed by atoms with Crippen LogP contribution >= 0.6 is 23.2 Å². The maximum Gasteiger partial charge on any atom is 0.261 e. The van der Waals surface area contributed by atoms with Crippen LogP contribution in [0.3, 0.4) is 0 Å². The van der Waals surface area contributed by atoms with Crippen LogP contribution in [0.4, 0.5) is 0 Å². The highest BCUT2D eigenvalue weighted by molar-refractivity contribution is 6.31. The summed E-state index contributed by atoms with van der Waals surface area (Å²) >= 11 is 11.8. The molecule has 1 atom stereocenters. The van der Waals surface area contributed by atoms with Gasteiger partial charge in [-0.2, -0.15) is 0 Å². The number of rotatable bonds is 6. The Morgan fingerprint density at radius 2 is 1.87 bits per heavy atom. The van der Waals surface area contributed by atoms with E-state index in [4.69, 9.17) is 27.9 Å². The zero-order chi connectivity index (χ0) is 16.8. The zero-order valence-electron chi connectivity index (χ0n) is 13.1. The number of aryl methyl sites for hydroxylation is 1. The van der Waals surface area contributed by atoms with E-state index in [-0.39, 0.29) is 5.91 Å². The van der Waals surface area contributed by atoms with Gasteiger partial charge in [0.05, 0.1) is 0 Å². The summed E-state index contributed by atoms with van der Waals surface area (Å²) in [5.74, 6) is 0.496. The Bertz CT molecular complexity index is 671. The van der Waals surface area contributed by atoms with Gasteiger partial charge in [-0.1, -0.05) is 42.3 Å². The average molecular weight is 352 g/mol. The second-order valence-electron chi connectivity index (χ2n) is 5.27. The van der Waals surface area contributed by atoms with Gasteiger partial charge in [-0.3, -0.25) is 4.79 Å². The highest BCUT2D eigenvalue weighted by Crippen LogP contribution is 2.22. The molecule has 23 heavy (non-hydrogen) atoms. The Morgan fingerprint density at radius 1 is 1.17 bits per heavy atom. The summed E-state index contributed by atoms with van der Waals surface area (Å²) in [6.45, 7) is 4.25. The number of benzene rings is 2. The summed E-state index contributed by atoms with van der Waals surface area (Å²) in [4.78, 5) is 12.3. The lowest BCUT2D eigenvalue weighted by Crippen LogP contribution is -2.37. The second kappa shape index (κ2) is 8.23. The Morgan fingerprint density at radius 3 is 2.48 bits per heavy atom. The number of halogens is 2.